The summed E-state index contributed by atoms with van der Waals surface area (Å²) in [5.74, 6) is -0.545. The number of carbonyl (C=O) groups is 1. The van der Waals surface area contributed by atoms with Crippen LogP contribution in [0.5, 0.6) is 0 Å². The van der Waals surface area contributed by atoms with Gasteiger partial charge in [-0.1, -0.05) is 72.8 Å². The SMILES string of the molecule is Cn1cc(S(=O)(=O)OCc2ccccc2)nc1C(Nc1ccc(-c2ccccc2)cc1)C(N)=O. The zero-order valence-corrected chi connectivity index (χ0v) is 19.3. The lowest BCUT2D eigenvalue weighted by Crippen LogP contribution is -2.30. The maximum Gasteiger partial charge on any atom is 0.316 e. The van der Waals surface area contributed by atoms with Gasteiger partial charge >= 0.3 is 10.1 Å². The van der Waals surface area contributed by atoms with Gasteiger partial charge in [-0.05, 0) is 28.8 Å². The number of benzene rings is 3. The van der Waals surface area contributed by atoms with E-state index in [1.165, 1.54) is 10.8 Å². The molecular weight excluding hydrogens is 452 g/mol. The Kier molecular flexibility index (Phi) is 6.76. The molecule has 34 heavy (non-hydrogen) atoms. The summed E-state index contributed by atoms with van der Waals surface area (Å²) in [4.78, 5) is 16.4. The first kappa shape index (κ1) is 23.2. The van der Waals surface area contributed by atoms with Crippen LogP contribution >= 0.6 is 0 Å². The van der Waals surface area contributed by atoms with Crippen molar-refractivity contribution in [3.8, 4) is 11.1 Å². The minimum Gasteiger partial charge on any atom is -0.368 e. The van der Waals surface area contributed by atoms with Gasteiger partial charge in [0.25, 0.3) is 0 Å². The number of rotatable bonds is 9. The van der Waals surface area contributed by atoms with Crippen molar-refractivity contribution in [1.29, 1.82) is 0 Å². The zero-order chi connectivity index (χ0) is 24.1. The number of amides is 1. The average Bonchev–Trinajstić information content (AvgIpc) is 3.25. The van der Waals surface area contributed by atoms with Gasteiger partial charge in [0.15, 0.2) is 6.04 Å². The van der Waals surface area contributed by atoms with Gasteiger partial charge < -0.3 is 15.6 Å². The molecule has 3 aromatic carbocycles. The Morgan fingerprint density at radius 2 is 1.56 bits per heavy atom. The highest BCUT2D eigenvalue weighted by Crippen LogP contribution is 2.25. The molecule has 1 atom stereocenters. The Balaban J connectivity index is 1.53. The van der Waals surface area contributed by atoms with Crippen LogP contribution in [0.25, 0.3) is 11.1 Å². The van der Waals surface area contributed by atoms with Crippen LogP contribution in [0.4, 0.5) is 5.69 Å². The molecule has 0 fully saturated rings. The number of nitrogens with zero attached hydrogens (tertiary/aromatic N) is 2. The fourth-order valence-corrected chi connectivity index (χ4v) is 4.34. The van der Waals surface area contributed by atoms with Crippen LogP contribution in [0.3, 0.4) is 0 Å². The molecular formula is C25H24N4O4S. The van der Waals surface area contributed by atoms with Gasteiger partial charge in [-0.25, -0.2) is 4.98 Å². The number of nitrogens with two attached hydrogens (primary N) is 1. The van der Waals surface area contributed by atoms with E-state index in [0.29, 0.717) is 11.3 Å². The molecule has 1 amide bonds. The molecule has 0 aliphatic heterocycles. The predicted octanol–water partition coefficient (Wildman–Crippen LogP) is 3.63. The topological polar surface area (TPSA) is 116 Å². The number of aryl methyl sites for hydroxylation is 1. The van der Waals surface area contributed by atoms with Crippen molar-refractivity contribution in [2.75, 3.05) is 5.32 Å². The quantitative estimate of drug-likeness (QED) is 0.356. The second kappa shape index (κ2) is 9.90. The van der Waals surface area contributed by atoms with E-state index in [1.54, 1.807) is 31.3 Å². The number of imidazole rings is 1. The lowest BCUT2D eigenvalue weighted by Gasteiger charge is -2.16. The van der Waals surface area contributed by atoms with E-state index < -0.39 is 22.1 Å². The van der Waals surface area contributed by atoms with Crippen LogP contribution in [0.1, 0.15) is 17.4 Å². The van der Waals surface area contributed by atoms with Gasteiger partial charge in [0.05, 0.1) is 6.61 Å². The molecule has 1 heterocycles. The smallest absolute Gasteiger partial charge is 0.316 e. The molecule has 4 rings (SSSR count). The fourth-order valence-electron chi connectivity index (χ4n) is 3.44. The normalized spacial score (nSPS) is 12.3. The maximum atomic E-state index is 12.7. The number of hydrogen-bond acceptors (Lipinski definition) is 6. The molecule has 0 saturated carbocycles. The Morgan fingerprint density at radius 3 is 2.18 bits per heavy atom. The van der Waals surface area contributed by atoms with Crippen LogP contribution in [0.2, 0.25) is 0 Å². The molecule has 0 aliphatic rings. The third kappa shape index (κ3) is 5.33. The largest absolute Gasteiger partial charge is 0.368 e. The summed E-state index contributed by atoms with van der Waals surface area (Å²) < 4.78 is 31.9. The molecule has 1 aromatic heterocycles. The monoisotopic (exact) mass is 476 g/mol. The Labute approximate surface area is 198 Å². The van der Waals surface area contributed by atoms with Crippen LogP contribution in [-0.4, -0.2) is 23.9 Å². The molecule has 0 aliphatic carbocycles. The van der Waals surface area contributed by atoms with Crippen molar-refractivity contribution >= 4 is 21.7 Å². The van der Waals surface area contributed by atoms with E-state index in [9.17, 15) is 13.2 Å². The van der Waals surface area contributed by atoms with Crippen molar-refractivity contribution in [2.24, 2.45) is 12.8 Å². The second-order valence-corrected chi connectivity index (χ2v) is 9.24. The molecule has 8 nitrogen and oxygen atoms in total. The van der Waals surface area contributed by atoms with E-state index >= 15 is 0 Å². The van der Waals surface area contributed by atoms with E-state index in [1.807, 2.05) is 60.7 Å². The molecule has 0 spiro atoms. The van der Waals surface area contributed by atoms with Gasteiger partial charge in [-0.15, -0.1) is 0 Å². The summed E-state index contributed by atoms with van der Waals surface area (Å²) in [7, 11) is -2.55. The van der Waals surface area contributed by atoms with Gasteiger partial charge in [-0.3, -0.25) is 8.98 Å². The Hall–Kier alpha value is -3.95. The highest BCUT2D eigenvalue weighted by Gasteiger charge is 2.27. The number of aromatic nitrogens is 2. The molecule has 9 heteroatoms. The van der Waals surface area contributed by atoms with E-state index in [2.05, 4.69) is 10.3 Å². The second-order valence-electron chi connectivity index (χ2n) is 7.67. The average molecular weight is 477 g/mol. The number of hydrogen-bond donors (Lipinski definition) is 2. The predicted molar refractivity (Wildman–Crippen MR) is 129 cm³/mol. The molecule has 0 radical (unpaired) electrons. The number of nitrogens with one attached hydrogen (secondary N) is 1. The summed E-state index contributed by atoms with van der Waals surface area (Å²) in [6.07, 6.45) is 1.30. The number of anilines is 1. The first-order valence-electron chi connectivity index (χ1n) is 10.5. The third-order valence-electron chi connectivity index (χ3n) is 5.22. The van der Waals surface area contributed by atoms with Crippen LogP contribution < -0.4 is 11.1 Å². The lowest BCUT2D eigenvalue weighted by molar-refractivity contribution is -0.119. The van der Waals surface area contributed by atoms with Gasteiger partial charge in [-0.2, -0.15) is 8.42 Å². The summed E-state index contributed by atoms with van der Waals surface area (Å²) in [5, 5.41) is 2.75. The van der Waals surface area contributed by atoms with Crippen molar-refractivity contribution in [1.82, 2.24) is 9.55 Å². The van der Waals surface area contributed by atoms with E-state index in [-0.39, 0.29) is 17.5 Å². The van der Waals surface area contributed by atoms with Gasteiger partial charge in [0.2, 0.25) is 10.9 Å². The third-order valence-corrected chi connectivity index (χ3v) is 6.35. The van der Waals surface area contributed by atoms with E-state index in [0.717, 1.165) is 11.1 Å². The maximum absolute atomic E-state index is 12.7. The molecule has 0 saturated heterocycles. The molecule has 174 valence electrons. The minimum atomic E-state index is -4.14. The highest BCUT2D eigenvalue weighted by molar-refractivity contribution is 7.86. The summed E-state index contributed by atoms with van der Waals surface area (Å²) in [5.41, 5.74) is 9.05. The van der Waals surface area contributed by atoms with Crippen molar-refractivity contribution < 1.29 is 17.4 Å². The first-order chi connectivity index (χ1) is 16.3. The standard InChI is InChI=1S/C25H24N4O4S/c1-29-16-22(34(31,32)33-17-18-8-4-2-5-9-18)28-25(29)23(24(26)30)27-21-14-12-20(13-15-21)19-10-6-3-7-11-19/h2-16,23,27H,17H2,1H3,(H2,26,30). The van der Waals surface area contributed by atoms with Gasteiger partial charge in [0, 0.05) is 18.9 Å². The molecule has 3 N–H and O–H groups in total. The zero-order valence-electron chi connectivity index (χ0n) is 18.5. The Morgan fingerprint density at radius 1 is 0.971 bits per heavy atom. The van der Waals surface area contributed by atoms with Crippen LogP contribution in [-0.2, 0) is 32.8 Å². The number of carbonyl (C=O) groups excluding carboxylic acids is 1. The van der Waals surface area contributed by atoms with E-state index in [4.69, 9.17) is 9.92 Å². The fraction of sp³-hybridized carbons (Fsp3) is 0.120. The molecule has 4 aromatic rings. The number of primary amides is 1. The highest BCUT2D eigenvalue weighted by atomic mass is 32.2. The van der Waals surface area contributed by atoms with Crippen LogP contribution in [0.15, 0.2) is 96.2 Å². The van der Waals surface area contributed by atoms with Crippen molar-refractivity contribution in [3.63, 3.8) is 0 Å². The summed E-state index contributed by atoms with van der Waals surface area (Å²) in [6, 6.07) is 25.2. The molecule has 0 bridgehead atoms. The van der Waals surface area contributed by atoms with Gasteiger partial charge in [0.1, 0.15) is 5.82 Å². The van der Waals surface area contributed by atoms with Crippen molar-refractivity contribution in [2.45, 2.75) is 17.7 Å². The molecule has 1 unspecified atom stereocenters. The lowest BCUT2D eigenvalue weighted by atomic mass is 10.1. The van der Waals surface area contributed by atoms with Crippen molar-refractivity contribution in [3.05, 3.63) is 103 Å². The summed E-state index contributed by atoms with van der Waals surface area (Å²) in [6.45, 7) is -0.125. The Bertz CT molecular complexity index is 1370. The summed E-state index contributed by atoms with van der Waals surface area (Å²) >= 11 is 0. The first-order valence-corrected chi connectivity index (χ1v) is 11.9. The minimum absolute atomic E-state index is 0.125. The van der Waals surface area contributed by atoms with Crippen LogP contribution in [0, 0.1) is 0 Å².